The highest BCUT2D eigenvalue weighted by molar-refractivity contribution is 7.88. The number of hydrogen-bond donors (Lipinski definition) is 0. The maximum absolute atomic E-state index is 12.8. The first-order valence-corrected chi connectivity index (χ1v) is 10.6. The number of amides is 1. The summed E-state index contributed by atoms with van der Waals surface area (Å²) >= 11 is 0. The van der Waals surface area contributed by atoms with E-state index < -0.39 is 10.0 Å². The van der Waals surface area contributed by atoms with Crippen LogP contribution in [0.3, 0.4) is 0 Å². The molecule has 1 aliphatic heterocycles. The average molecular weight is 368 g/mol. The Bertz CT molecular complexity index is 661. The van der Waals surface area contributed by atoms with Gasteiger partial charge in [-0.05, 0) is 32.4 Å². The van der Waals surface area contributed by atoms with E-state index in [0.717, 1.165) is 18.5 Å². The molecule has 1 fully saturated rings. The van der Waals surface area contributed by atoms with Gasteiger partial charge in [0.15, 0.2) is 0 Å². The van der Waals surface area contributed by atoms with Gasteiger partial charge in [0.05, 0.1) is 12.8 Å². The van der Waals surface area contributed by atoms with Crippen LogP contribution in [0.4, 0.5) is 0 Å². The third kappa shape index (κ3) is 6.09. The second kappa shape index (κ2) is 8.78. The highest BCUT2D eigenvalue weighted by atomic mass is 32.2. The minimum absolute atomic E-state index is 0.0895. The zero-order chi connectivity index (χ0) is 18.4. The number of carbonyl (C=O) groups is 1. The summed E-state index contributed by atoms with van der Waals surface area (Å²) < 4.78 is 24.9. The molecule has 1 amide bonds. The van der Waals surface area contributed by atoms with E-state index in [0.29, 0.717) is 32.7 Å². The lowest BCUT2D eigenvalue weighted by molar-refractivity contribution is -0.134. The molecule has 7 heteroatoms. The van der Waals surface area contributed by atoms with E-state index in [1.54, 1.807) is 0 Å². The minimum atomic E-state index is -3.16. The lowest BCUT2D eigenvalue weighted by Gasteiger charge is -2.30. The van der Waals surface area contributed by atoms with Gasteiger partial charge in [-0.25, -0.2) is 12.7 Å². The van der Waals surface area contributed by atoms with E-state index in [2.05, 4.69) is 4.90 Å². The highest BCUT2D eigenvalue weighted by Crippen LogP contribution is 2.11. The molecule has 0 atom stereocenters. The van der Waals surface area contributed by atoms with Gasteiger partial charge >= 0.3 is 0 Å². The number of hydrogen-bond acceptors (Lipinski definition) is 4. The van der Waals surface area contributed by atoms with Crippen LogP contribution in [0, 0.1) is 0 Å². The number of rotatable bonds is 6. The fraction of sp³-hybridized carbons (Fsp3) is 0.611. The van der Waals surface area contributed by atoms with Crippen LogP contribution in [0.5, 0.6) is 0 Å². The molecule has 1 aromatic carbocycles. The van der Waals surface area contributed by atoms with E-state index in [1.165, 1.54) is 10.6 Å². The van der Waals surface area contributed by atoms with Crippen LogP contribution in [0.25, 0.3) is 0 Å². The smallest absolute Gasteiger partial charge is 0.237 e. The Hall–Kier alpha value is -1.44. The Kier molecular flexibility index (Phi) is 6.98. The second-order valence-electron chi connectivity index (χ2n) is 6.89. The largest absolute Gasteiger partial charge is 0.335 e. The lowest BCUT2D eigenvalue weighted by atomic mass is 10.2. The fourth-order valence-corrected chi connectivity index (χ4v) is 3.93. The van der Waals surface area contributed by atoms with Gasteiger partial charge < -0.3 is 4.90 Å². The second-order valence-corrected chi connectivity index (χ2v) is 8.88. The molecule has 1 aliphatic rings. The van der Waals surface area contributed by atoms with E-state index in [1.807, 2.05) is 49.1 Å². The predicted octanol–water partition coefficient (Wildman–Crippen LogP) is 1.39. The number of nitrogens with zero attached hydrogens (tertiary/aromatic N) is 3. The average Bonchev–Trinajstić information content (AvgIpc) is 2.78. The van der Waals surface area contributed by atoms with Gasteiger partial charge in [-0.2, -0.15) is 0 Å². The van der Waals surface area contributed by atoms with Crippen molar-refractivity contribution in [3.8, 4) is 0 Å². The molecule has 25 heavy (non-hydrogen) atoms. The van der Waals surface area contributed by atoms with Crippen molar-refractivity contribution < 1.29 is 13.2 Å². The molecule has 1 heterocycles. The molecule has 0 unspecified atom stereocenters. The number of carbonyl (C=O) groups excluding carboxylic acids is 1. The third-order valence-corrected chi connectivity index (χ3v) is 5.82. The summed E-state index contributed by atoms with van der Waals surface area (Å²) in [6.07, 6.45) is 1.99. The number of benzene rings is 1. The lowest BCUT2D eigenvalue weighted by Crippen LogP contribution is -2.44. The monoisotopic (exact) mass is 367 g/mol. The number of sulfonamides is 1. The van der Waals surface area contributed by atoms with Crippen molar-refractivity contribution >= 4 is 15.9 Å². The van der Waals surface area contributed by atoms with Gasteiger partial charge in [-0.1, -0.05) is 30.3 Å². The highest BCUT2D eigenvalue weighted by Gasteiger charge is 2.24. The molecule has 140 valence electrons. The summed E-state index contributed by atoms with van der Waals surface area (Å²) in [6, 6.07) is 10.1. The molecule has 0 aromatic heterocycles. The minimum Gasteiger partial charge on any atom is -0.335 e. The topological polar surface area (TPSA) is 60.9 Å². The molecular weight excluding hydrogens is 338 g/mol. The van der Waals surface area contributed by atoms with Crippen LogP contribution in [-0.2, 0) is 21.4 Å². The molecule has 1 saturated heterocycles. The molecule has 2 rings (SSSR count). The van der Waals surface area contributed by atoms with Gasteiger partial charge in [-0.3, -0.25) is 9.69 Å². The van der Waals surface area contributed by atoms with Gasteiger partial charge in [0, 0.05) is 32.2 Å². The third-order valence-electron chi connectivity index (χ3n) is 4.51. The predicted molar refractivity (Wildman–Crippen MR) is 99.6 cm³/mol. The van der Waals surface area contributed by atoms with Crippen molar-refractivity contribution in [1.82, 2.24) is 14.1 Å². The molecule has 1 aromatic rings. The summed E-state index contributed by atoms with van der Waals surface area (Å²) in [5.41, 5.74) is 1.11. The van der Waals surface area contributed by atoms with Crippen molar-refractivity contribution in [1.29, 1.82) is 0 Å². The van der Waals surface area contributed by atoms with Gasteiger partial charge in [0.1, 0.15) is 0 Å². The van der Waals surface area contributed by atoms with Crippen molar-refractivity contribution in [2.45, 2.75) is 32.9 Å². The van der Waals surface area contributed by atoms with Crippen LogP contribution in [0.1, 0.15) is 25.8 Å². The summed E-state index contributed by atoms with van der Waals surface area (Å²) in [4.78, 5) is 16.7. The molecule has 0 bridgehead atoms. The Labute approximate surface area is 151 Å². The fourth-order valence-electron chi connectivity index (χ4n) is 3.06. The van der Waals surface area contributed by atoms with Crippen LogP contribution in [0.15, 0.2) is 30.3 Å². The zero-order valence-electron chi connectivity index (χ0n) is 15.4. The Morgan fingerprint density at radius 2 is 1.80 bits per heavy atom. The molecular formula is C18H29N3O3S. The van der Waals surface area contributed by atoms with Gasteiger partial charge in [0.25, 0.3) is 0 Å². The van der Waals surface area contributed by atoms with Gasteiger partial charge in [-0.15, -0.1) is 0 Å². The maximum Gasteiger partial charge on any atom is 0.237 e. The first-order valence-electron chi connectivity index (χ1n) is 8.78. The zero-order valence-corrected chi connectivity index (χ0v) is 16.2. The first kappa shape index (κ1) is 19.9. The van der Waals surface area contributed by atoms with Crippen molar-refractivity contribution in [3.63, 3.8) is 0 Å². The van der Waals surface area contributed by atoms with Crippen molar-refractivity contribution in [2.24, 2.45) is 0 Å². The van der Waals surface area contributed by atoms with Crippen LogP contribution in [0.2, 0.25) is 0 Å². The standard InChI is InChI=1S/C18H29N3O3S/c1-16(2)21(14-17-8-5-4-6-9-17)18(22)15-19-10-7-11-20(13-12-19)25(3,23)24/h4-6,8-9,16H,7,10-15H2,1-3H3. The SMILES string of the molecule is CC(C)N(Cc1ccccc1)C(=O)CN1CCCN(S(C)(=O)=O)CC1. The molecule has 0 spiro atoms. The van der Waals surface area contributed by atoms with Gasteiger partial charge in [0.2, 0.25) is 15.9 Å². The van der Waals surface area contributed by atoms with E-state index in [4.69, 9.17) is 0 Å². The molecule has 6 nitrogen and oxygen atoms in total. The molecule has 0 aliphatic carbocycles. The van der Waals surface area contributed by atoms with E-state index in [9.17, 15) is 13.2 Å². The Morgan fingerprint density at radius 1 is 1.12 bits per heavy atom. The van der Waals surface area contributed by atoms with Crippen molar-refractivity contribution in [3.05, 3.63) is 35.9 Å². The van der Waals surface area contributed by atoms with E-state index >= 15 is 0 Å². The summed E-state index contributed by atoms with van der Waals surface area (Å²) in [6.45, 7) is 7.30. The normalized spacial score (nSPS) is 17.4. The molecule has 0 saturated carbocycles. The maximum atomic E-state index is 12.8. The first-order chi connectivity index (χ1) is 11.8. The van der Waals surface area contributed by atoms with E-state index in [-0.39, 0.29) is 11.9 Å². The quantitative estimate of drug-likeness (QED) is 0.762. The molecule has 0 N–H and O–H groups in total. The molecule has 0 radical (unpaired) electrons. The van der Waals surface area contributed by atoms with Crippen LogP contribution in [-0.4, -0.2) is 73.5 Å². The van der Waals surface area contributed by atoms with Crippen LogP contribution < -0.4 is 0 Å². The summed E-state index contributed by atoms with van der Waals surface area (Å²) in [7, 11) is -3.16. The van der Waals surface area contributed by atoms with Crippen molar-refractivity contribution in [2.75, 3.05) is 39.0 Å². The van der Waals surface area contributed by atoms with Crippen LogP contribution >= 0.6 is 0 Å². The Balaban J connectivity index is 1.96. The summed E-state index contributed by atoms with van der Waals surface area (Å²) in [5, 5.41) is 0. The Morgan fingerprint density at radius 3 is 2.40 bits per heavy atom. The summed E-state index contributed by atoms with van der Waals surface area (Å²) in [5.74, 6) is 0.0895.